The Bertz CT molecular complexity index is 811. The molecule has 1 spiro atoms. The molecule has 0 aromatic rings. The zero-order valence-electron chi connectivity index (χ0n) is 14.2. The van der Waals surface area contributed by atoms with Crippen LogP contribution in [0.5, 0.6) is 0 Å². The van der Waals surface area contributed by atoms with Crippen LogP contribution in [0.15, 0.2) is 35.1 Å². The van der Waals surface area contributed by atoms with Crippen LogP contribution >= 0.6 is 0 Å². The van der Waals surface area contributed by atoms with Crippen LogP contribution in [0.3, 0.4) is 0 Å². The maximum absolute atomic E-state index is 13.2. The second-order valence-corrected chi connectivity index (χ2v) is 7.96. The van der Waals surface area contributed by atoms with Gasteiger partial charge >= 0.3 is 0 Å². The Morgan fingerprint density at radius 1 is 1.40 bits per heavy atom. The standard InChI is InChI=1S/C19H21NO5/c1-9(21)19(24)6-5-10-13-17(19)25-16-12(22)4-3-11-14(15(10)23)20(2)8-7-18(11,13)16/h3-5,11-12,14,16,22,24H,6-8H2,1-2H3/t11-,12-,14-,16-,18-,19?/m0/s1. The highest BCUT2D eigenvalue weighted by Gasteiger charge is 2.69. The number of hydrogen-bond donors (Lipinski definition) is 2. The van der Waals surface area contributed by atoms with Gasteiger partial charge in [-0.25, -0.2) is 0 Å². The summed E-state index contributed by atoms with van der Waals surface area (Å²) in [6.45, 7) is 2.04. The first kappa shape index (κ1) is 15.5. The number of carbonyl (C=O) groups excluding carboxylic acids is 2. The molecule has 2 aliphatic heterocycles. The summed E-state index contributed by atoms with van der Waals surface area (Å²) >= 11 is 0. The maximum Gasteiger partial charge on any atom is 0.183 e. The first-order chi connectivity index (χ1) is 11.8. The minimum atomic E-state index is -1.74. The third-order valence-electron chi connectivity index (χ3n) is 6.92. The van der Waals surface area contributed by atoms with Gasteiger partial charge in [-0.1, -0.05) is 18.2 Å². The summed E-state index contributed by atoms with van der Waals surface area (Å²) in [6.07, 6.45) is 4.68. The van der Waals surface area contributed by atoms with Crippen molar-refractivity contribution in [3.63, 3.8) is 0 Å². The minimum Gasteiger partial charge on any atom is -0.487 e. The Morgan fingerprint density at radius 3 is 2.88 bits per heavy atom. The largest absolute Gasteiger partial charge is 0.487 e. The lowest BCUT2D eigenvalue weighted by molar-refractivity contribution is -0.140. The van der Waals surface area contributed by atoms with Crippen LogP contribution in [0.1, 0.15) is 19.8 Å². The SMILES string of the molecule is CC(=O)C1(O)CC=C2C(=O)[C@@H]3[C@@H]4C=C[C@H](O)[C@@H]5OC1=C2[C@]45CCN3C. The van der Waals surface area contributed by atoms with Crippen molar-refractivity contribution in [3.05, 3.63) is 35.1 Å². The molecule has 0 radical (unpaired) electrons. The van der Waals surface area contributed by atoms with Crippen molar-refractivity contribution in [2.24, 2.45) is 11.3 Å². The number of likely N-dealkylation sites (tertiary alicyclic amines) is 1. The summed E-state index contributed by atoms with van der Waals surface area (Å²) in [5, 5.41) is 21.6. The number of aliphatic hydroxyl groups is 2. The number of ether oxygens (including phenoxy) is 1. The van der Waals surface area contributed by atoms with Crippen molar-refractivity contribution in [2.45, 2.75) is 43.6 Å². The maximum atomic E-state index is 13.2. The lowest BCUT2D eigenvalue weighted by Gasteiger charge is -2.57. The van der Waals surface area contributed by atoms with Crippen molar-refractivity contribution >= 4 is 11.6 Å². The molecule has 25 heavy (non-hydrogen) atoms. The van der Waals surface area contributed by atoms with Crippen molar-refractivity contribution in [1.29, 1.82) is 0 Å². The molecule has 132 valence electrons. The van der Waals surface area contributed by atoms with Crippen LogP contribution in [-0.4, -0.2) is 64.1 Å². The average Bonchev–Trinajstić information content (AvgIpc) is 2.92. The highest BCUT2D eigenvalue weighted by atomic mass is 16.5. The van der Waals surface area contributed by atoms with Crippen LogP contribution in [0.4, 0.5) is 0 Å². The molecule has 2 bridgehead atoms. The quantitative estimate of drug-likeness (QED) is 0.657. The Labute approximate surface area is 145 Å². The second kappa shape index (κ2) is 4.50. The van der Waals surface area contributed by atoms with E-state index in [0.717, 1.165) is 0 Å². The Morgan fingerprint density at radius 2 is 2.16 bits per heavy atom. The molecule has 2 N–H and O–H groups in total. The fourth-order valence-corrected chi connectivity index (χ4v) is 5.65. The third-order valence-corrected chi connectivity index (χ3v) is 6.92. The van der Waals surface area contributed by atoms with Gasteiger partial charge < -0.3 is 14.9 Å². The molecule has 3 aliphatic carbocycles. The van der Waals surface area contributed by atoms with Crippen LogP contribution in [0, 0.1) is 11.3 Å². The van der Waals surface area contributed by atoms with Gasteiger partial charge in [-0.3, -0.25) is 14.5 Å². The first-order valence-corrected chi connectivity index (χ1v) is 8.79. The summed E-state index contributed by atoms with van der Waals surface area (Å²) in [4.78, 5) is 27.5. The summed E-state index contributed by atoms with van der Waals surface area (Å²) in [5.41, 5.74) is -1.06. The molecule has 6 heteroatoms. The van der Waals surface area contributed by atoms with Gasteiger partial charge in [-0.05, 0) is 26.9 Å². The monoisotopic (exact) mass is 343 g/mol. The molecule has 1 saturated carbocycles. The minimum absolute atomic E-state index is 0.0196. The number of likely N-dealkylation sites (N-methyl/N-ethyl adjacent to an activating group) is 1. The number of carbonyl (C=O) groups is 2. The zero-order valence-corrected chi connectivity index (χ0v) is 14.2. The molecule has 1 saturated heterocycles. The molecule has 0 amide bonds. The Kier molecular flexibility index (Phi) is 2.79. The van der Waals surface area contributed by atoms with Crippen molar-refractivity contribution in [2.75, 3.05) is 13.6 Å². The normalized spacial score (nSPS) is 47.4. The molecule has 1 unspecified atom stereocenters. The molecule has 0 aromatic carbocycles. The fourth-order valence-electron chi connectivity index (χ4n) is 5.65. The van der Waals surface area contributed by atoms with Crippen LogP contribution in [-0.2, 0) is 14.3 Å². The number of ketones is 2. The highest BCUT2D eigenvalue weighted by Crippen LogP contribution is 2.65. The van der Waals surface area contributed by atoms with E-state index in [1.54, 1.807) is 12.2 Å². The number of piperidine rings is 1. The Hall–Kier alpha value is -1.76. The van der Waals surface area contributed by atoms with Gasteiger partial charge in [-0.15, -0.1) is 0 Å². The lowest BCUT2D eigenvalue weighted by Crippen LogP contribution is -2.65. The van der Waals surface area contributed by atoms with Gasteiger partial charge in [0.25, 0.3) is 0 Å². The van der Waals surface area contributed by atoms with E-state index >= 15 is 0 Å². The van der Waals surface area contributed by atoms with E-state index in [4.69, 9.17) is 4.74 Å². The zero-order chi connectivity index (χ0) is 17.7. The number of rotatable bonds is 1. The predicted octanol–water partition coefficient (Wildman–Crippen LogP) is 0.110. The predicted molar refractivity (Wildman–Crippen MR) is 87.3 cm³/mol. The molecule has 5 rings (SSSR count). The number of aliphatic hydroxyl groups excluding tert-OH is 1. The summed E-state index contributed by atoms with van der Waals surface area (Å²) in [7, 11) is 1.95. The number of hydrogen-bond acceptors (Lipinski definition) is 6. The van der Waals surface area contributed by atoms with Crippen molar-refractivity contribution < 1.29 is 24.5 Å². The van der Waals surface area contributed by atoms with Gasteiger partial charge in [0.2, 0.25) is 0 Å². The van der Waals surface area contributed by atoms with E-state index in [1.807, 2.05) is 13.1 Å². The van der Waals surface area contributed by atoms with Gasteiger partial charge in [0.15, 0.2) is 17.2 Å². The van der Waals surface area contributed by atoms with E-state index in [2.05, 4.69) is 4.90 Å². The van der Waals surface area contributed by atoms with Gasteiger partial charge in [-0.2, -0.15) is 0 Å². The molecule has 2 heterocycles. The van der Waals surface area contributed by atoms with E-state index in [9.17, 15) is 19.8 Å². The first-order valence-electron chi connectivity index (χ1n) is 8.79. The average molecular weight is 343 g/mol. The van der Waals surface area contributed by atoms with Crippen LogP contribution in [0.25, 0.3) is 0 Å². The van der Waals surface area contributed by atoms with E-state index in [1.165, 1.54) is 6.92 Å². The molecule has 2 fully saturated rings. The molecule has 0 aromatic heterocycles. The molecule has 6 nitrogen and oxygen atoms in total. The van der Waals surface area contributed by atoms with E-state index in [0.29, 0.717) is 24.1 Å². The highest BCUT2D eigenvalue weighted by molar-refractivity contribution is 6.07. The summed E-state index contributed by atoms with van der Waals surface area (Å²) in [5.74, 6) is -0.300. The van der Waals surface area contributed by atoms with Gasteiger partial charge in [0, 0.05) is 28.9 Å². The molecular weight excluding hydrogens is 322 g/mol. The smallest absolute Gasteiger partial charge is 0.183 e. The van der Waals surface area contributed by atoms with Crippen molar-refractivity contribution in [3.8, 4) is 0 Å². The molecule has 6 atom stereocenters. The van der Waals surface area contributed by atoms with E-state index < -0.39 is 29.0 Å². The number of Topliss-reactive ketones (excluding diaryl/α,β-unsaturated/α-hetero) is 2. The van der Waals surface area contributed by atoms with Crippen LogP contribution < -0.4 is 0 Å². The lowest BCUT2D eigenvalue weighted by atomic mass is 9.50. The van der Waals surface area contributed by atoms with Gasteiger partial charge in [0.1, 0.15) is 18.0 Å². The molecule has 5 aliphatic rings. The second-order valence-electron chi connectivity index (χ2n) is 7.96. The van der Waals surface area contributed by atoms with Crippen molar-refractivity contribution in [1.82, 2.24) is 4.90 Å². The topological polar surface area (TPSA) is 87.1 Å². The van der Waals surface area contributed by atoms with Gasteiger partial charge in [0.05, 0.1) is 6.04 Å². The summed E-state index contributed by atoms with van der Waals surface area (Å²) in [6, 6.07) is -0.290. The number of nitrogens with zero attached hydrogens (tertiary/aromatic N) is 1. The fraction of sp³-hybridized carbons (Fsp3) is 0.579. The Balaban J connectivity index is 1.82. The molecular formula is C19H21NO5. The summed E-state index contributed by atoms with van der Waals surface area (Å²) < 4.78 is 6.10. The third kappa shape index (κ3) is 1.53. The van der Waals surface area contributed by atoms with E-state index in [-0.39, 0.29) is 29.9 Å². The van der Waals surface area contributed by atoms with Crippen LogP contribution in [0.2, 0.25) is 0 Å².